The molecular formula is C21H27N3O3S2. The number of rotatable bonds is 5. The van der Waals surface area contributed by atoms with Gasteiger partial charge >= 0.3 is 0 Å². The van der Waals surface area contributed by atoms with Gasteiger partial charge in [-0.25, -0.2) is 8.42 Å². The zero-order valence-electron chi connectivity index (χ0n) is 16.4. The zero-order chi connectivity index (χ0) is 20.3. The summed E-state index contributed by atoms with van der Waals surface area (Å²) in [6, 6.07) is 11.4. The van der Waals surface area contributed by atoms with Crippen LogP contribution in [0.3, 0.4) is 0 Å². The summed E-state index contributed by atoms with van der Waals surface area (Å²) in [5.74, 6) is -0.179. The molecule has 6 nitrogen and oxygen atoms in total. The van der Waals surface area contributed by atoms with Gasteiger partial charge in [-0.1, -0.05) is 18.2 Å². The number of piperidine rings is 2. The molecular weight excluding hydrogens is 406 g/mol. The SMILES string of the molecule is O=C(Nc1ccccc1N1CCCCC1)C1CCN(S(=O)(=O)c2cccs2)CC1. The first kappa shape index (κ1) is 20.4. The molecule has 0 saturated carbocycles. The van der Waals surface area contributed by atoms with Crippen molar-refractivity contribution in [1.29, 1.82) is 0 Å². The first-order valence-electron chi connectivity index (χ1n) is 10.2. The van der Waals surface area contributed by atoms with E-state index in [-0.39, 0.29) is 11.8 Å². The topological polar surface area (TPSA) is 69.7 Å². The van der Waals surface area contributed by atoms with Crippen molar-refractivity contribution in [3.8, 4) is 0 Å². The fourth-order valence-electron chi connectivity index (χ4n) is 4.12. The fraction of sp³-hybridized carbons (Fsp3) is 0.476. The Hall–Kier alpha value is -1.90. The van der Waals surface area contributed by atoms with E-state index in [2.05, 4.69) is 16.3 Å². The van der Waals surface area contributed by atoms with E-state index >= 15 is 0 Å². The minimum absolute atomic E-state index is 0.0115. The van der Waals surface area contributed by atoms with E-state index in [4.69, 9.17) is 0 Å². The number of nitrogens with one attached hydrogen (secondary N) is 1. The Bertz CT molecular complexity index is 930. The van der Waals surface area contributed by atoms with Gasteiger partial charge in [-0.3, -0.25) is 4.79 Å². The van der Waals surface area contributed by atoms with Crippen LogP contribution in [-0.2, 0) is 14.8 Å². The van der Waals surface area contributed by atoms with Gasteiger partial charge < -0.3 is 10.2 Å². The summed E-state index contributed by atoms with van der Waals surface area (Å²) in [7, 11) is -3.43. The van der Waals surface area contributed by atoms with Gasteiger partial charge in [0.1, 0.15) is 4.21 Å². The van der Waals surface area contributed by atoms with Crippen LogP contribution in [0.15, 0.2) is 46.0 Å². The van der Waals surface area contributed by atoms with Gasteiger partial charge in [0.25, 0.3) is 10.0 Å². The normalized spacial score (nSPS) is 19.2. The molecule has 0 atom stereocenters. The Kier molecular flexibility index (Phi) is 6.22. The van der Waals surface area contributed by atoms with E-state index in [1.165, 1.54) is 34.9 Å². The van der Waals surface area contributed by atoms with E-state index in [1.54, 1.807) is 17.5 Å². The van der Waals surface area contributed by atoms with Crippen molar-refractivity contribution < 1.29 is 13.2 Å². The van der Waals surface area contributed by atoms with Gasteiger partial charge in [0.05, 0.1) is 11.4 Å². The fourth-order valence-corrected chi connectivity index (χ4v) is 6.73. The highest BCUT2D eigenvalue weighted by Gasteiger charge is 2.32. The van der Waals surface area contributed by atoms with Crippen LogP contribution in [0.25, 0.3) is 0 Å². The highest BCUT2D eigenvalue weighted by molar-refractivity contribution is 7.91. The van der Waals surface area contributed by atoms with Gasteiger partial charge in [-0.05, 0) is 55.7 Å². The van der Waals surface area contributed by atoms with Crippen molar-refractivity contribution in [2.75, 3.05) is 36.4 Å². The number of anilines is 2. The molecule has 0 spiro atoms. The summed E-state index contributed by atoms with van der Waals surface area (Å²) in [5.41, 5.74) is 1.94. The highest BCUT2D eigenvalue weighted by Crippen LogP contribution is 2.30. The van der Waals surface area contributed by atoms with Gasteiger partial charge in [0, 0.05) is 32.1 Å². The Morgan fingerprint density at radius 3 is 2.38 bits per heavy atom. The first-order valence-corrected chi connectivity index (χ1v) is 12.6. The molecule has 1 aromatic heterocycles. The number of sulfonamides is 1. The molecule has 29 heavy (non-hydrogen) atoms. The van der Waals surface area contributed by atoms with Crippen LogP contribution in [0.4, 0.5) is 11.4 Å². The smallest absolute Gasteiger partial charge is 0.252 e. The third kappa shape index (κ3) is 4.49. The molecule has 2 aliphatic heterocycles. The van der Waals surface area contributed by atoms with Crippen molar-refractivity contribution in [2.24, 2.45) is 5.92 Å². The van der Waals surface area contributed by atoms with E-state index < -0.39 is 10.0 Å². The van der Waals surface area contributed by atoms with E-state index in [0.717, 1.165) is 24.5 Å². The molecule has 2 saturated heterocycles. The summed E-state index contributed by atoms with van der Waals surface area (Å²) in [4.78, 5) is 15.2. The predicted octanol–water partition coefficient (Wildman–Crippen LogP) is 3.78. The van der Waals surface area contributed by atoms with Crippen LogP contribution in [-0.4, -0.2) is 44.8 Å². The lowest BCUT2D eigenvalue weighted by Crippen LogP contribution is -2.41. The van der Waals surface area contributed by atoms with Gasteiger partial charge in [0.15, 0.2) is 0 Å². The highest BCUT2D eigenvalue weighted by atomic mass is 32.2. The molecule has 3 heterocycles. The lowest BCUT2D eigenvalue weighted by molar-refractivity contribution is -0.120. The van der Waals surface area contributed by atoms with Crippen LogP contribution >= 0.6 is 11.3 Å². The van der Waals surface area contributed by atoms with Crippen molar-refractivity contribution >= 4 is 38.6 Å². The maximum Gasteiger partial charge on any atom is 0.252 e. The Morgan fingerprint density at radius 1 is 0.966 bits per heavy atom. The standard InChI is InChI=1S/C21H27N3O3S2/c25-21(22-18-7-2-3-8-19(18)23-12-4-1-5-13-23)17-10-14-24(15-11-17)29(26,27)20-9-6-16-28-20/h2-3,6-9,16-17H,1,4-5,10-15H2,(H,22,25). The predicted molar refractivity (Wildman–Crippen MR) is 117 cm³/mol. The first-order chi connectivity index (χ1) is 14.1. The number of hydrogen-bond acceptors (Lipinski definition) is 5. The third-order valence-corrected chi connectivity index (χ3v) is 9.04. The van der Waals surface area contributed by atoms with Crippen molar-refractivity contribution in [1.82, 2.24) is 4.31 Å². The average Bonchev–Trinajstić information content (AvgIpc) is 3.31. The summed E-state index contributed by atoms with van der Waals surface area (Å²) in [5, 5.41) is 4.88. The second-order valence-electron chi connectivity index (χ2n) is 7.66. The average molecular weight is 434 g/mol. The molecule has 2 aliphatic rings. The number of carbonyl (C=O) groups is 1. The number of carbonyl (C=O) groups excluding carboxylic acids is 1. The molecule has 1 aromatic carbocycles. The van der Waals surface area contributed by atoms with Gasteiger partial charge in [-0.15, -0.1) is 11.3 Å². The Balaban J connectivity index is 1.39. The van der Waals surface area contributed by atoms with Crippen molar-refractivity contribution in [2.45, 2.75) is 36.3 Å². The second-order valence-corrected chi connectivity index (χ2v) is 10.8. The molecule has 0 bridgehead atoms. The summed E-state index contributed by atoms with van der Waals surface area (Å²) in [6.45, 7) is 2.80. The van der Waals surface area contributed by atoms with Crippen LogP contribution in [0, 0.1) is 5.92 Å². The molecule has 156 valence electrons. The molecule has 1 amide bonds. The maximum atomic E-state index is 12.9. The monoisotopic (exact) mass is 433 g/mol. The summed E-state index contributed by atoms with van der Waals surface area (Å²) < 4.78 is 27.2. The number of benzene rings is 1. The lowest BCUT2D eigenvalue weighted by Gasteiger charge is -2.32. The van der Waals surface area contributed by atoms with Crippen LogP contribution in [0.1, 0.15) is 32.1 Å². The molecule has 0 unspecified atom stereocenters. The second kappa shape index (κ2) is 8.85. The number of nitrogens with zero attached hydrogens (tertiary/aromatic N) is 2. The molecule has 2 fully saturated rings. The number of hydrogen-bond donors (Lipinski definition) is 1. The van der Waals surface area contributed by atoms with E-state index in [0.29, 0.717) is 30.1 Å². The maximum absolute atomic E-state index is 12.9. The van der Waals surface area contributed by atoms with Crippen LogP contribution < -0.4 is 10.2 Å². The van der Waals surface area contributed by atoms with Crippen molar-refractivity contribution in [3.05, 3.63) is 41.8 Å². The van der Waals surface area contributed by atoms with Crippen LogP contribution in [0.2, 0.25) is 0 Å². The number of para-hydroxylation sites is 2. The molecule has 8 heteroatoms. The number of thiophene rings is 1. The summed E-state index contributed by atoms with van der Waals surface area (Å²) in [6.07, 6.45) is 4.71. The van der Waals surface area contributed by atoms with E-state index in [9.17, 15) is 13.2 Å². The Morgan fingerprint density at radius 2 is 1.69 bits per heavy atom. The minimum Gasteiger partial charge on any atom is -0.370 e. The minimum atomic E-state index is -3.43. The summed E-state index contributed by atoms with van der Waals surface area (Å²) >= 11 is 1.23. The molecule has 1 N–H and O–H groups in total. The molecule has 0 aliphatic carbocycles. The third-order valence-electron chi connectivity index (χ3n) is 5.77. The van der Waals surface area contributed by atoms with E-state index in [1.807, 2.05) is 18.2 Å². The lowest BCUT2D eigenvalue weighted by atomic mass is 9.97. The Labute approximate surface area is 176 Å². The molecule has 0 radical (unpaired) electrons. The van der Waals surface area contributed by atoms with Crippen LogP contribution in [0.5, 0.6) is 0 Å². The quantitative estimate of drug-likeness (QED) is 0.779. The largest absolute Gasteiger partial charge is 0.370 e. The van der Waals surface area contributed by atoms with Gasteiger partial charge in [-0.2, -0.15) is 4.31 Å². The zero-order valence-corrected chi connectivity index (χ0v) is 18.1. The molecule has 4 rings (SSSR count). The van der Waals surface area contributed by atoms with Crippen molar-refractivity contribution in [3.63, 3.8) is 0 Å². The molecule has 2 aromatic rings. The van der Waals surface area contributed by atoms with Gasteiger partial charge in [0.2, 0.25) is 5.91 Å². The number of amides is 1.